The van der Waals surface area contributed by atoms with E-state index in [9.17, 15) is 18.5 Å². The number of nitro groups is 1. The van der Waals surface area contributed by atoms with Crippen molar-refractivity contribution in [3.8, 4) is 0 Å². The van der Waals surface area contributed by atoms with Crippen molar-refractivity contribution < 1.29 is 13.3 Å². The van der Waals surface area contributed by atoms with Crippen LogP contribution in [0.5, 0.6) is 0 Å². The lowest BCUT2D eigenvalue weighted by molar-refractivity contribution is -0.387. The molecular formula is C14H15ClN2O4S. The Bertz CT molecular complexity index is 747. The number of halogens is 1. The topological polar surface area (TPSA) is 89.3 Å². The highest BCUT2D eigenvalue weighted by molar-refractivity contribution is 7.89. The van der Waals surface area contributed by atoms with Crippen LogP contribution in [0.3, 0.4) is 0 Å². The molecule has 2 bridgehead atoms. The van der Waals surface area contributed by atoms with Gasteiger partial charge in [0.25, 0.3) is 5.69 Å². The summed E-state index contributed by atoms with van der Waals surface area (Å²) in [5.74, 6) is 1.22. The third-order valence-electron chi connectivity index (χ3n) is 4.36. The summed E-state index contributed by atoms with van der Waals surface area (Å²) in [4.78, 5) is 9.95. The quantitative estimate of drug-likeness (QED) is 0.506. The van der Waals surface area contributed by atoms with Gasteiger partial charge in [0, 0.05) is 17.6 Å². The van der Waals surface area contributed by atoms with E-state index in [0.29, 0.717) is 18.4 Å². The number of sulfonamides is 1. The molecule has 0 spiro atoms. The molecule has 3 rings (SSSR count). The van der Waals surface area contributed by atoms with Crippen LogP contribution in [-0.2, 0) is 10.0 Å². The predicted molar refractivity (Wildman–Crippen MR) is 82.1 cm³/mol. The molecule has 1 aromatic rings. The van der Waals surface area contributed by atoms with Crippen LogP contribution in [0.2, 0.25) is 5.02 Å². The minimum atomic E-state index is -3.93. The standard InChI is InChI=1S/C14H15ClN2O4S/c15-12-3-4-14(13(7-12)17(18)19)22(20,21)16-8-11-6-9-1-2-10(11)5-9/h1-4,7,9-11,16H,5-6,8H2. The normalized spacial score (nSPS) is 26.5. The highest BCUT2D eigenvalue weighted by Gasteiger charge is 2.36. The minimum Gasteiger partial charge on any atom is -0.258 e. The van der Waals surface area contributed by atoms with Crippen molar-refractivity contribution >= 4 is 27.3 Å². The van der Waals surface area contributed by atoms with Crippen molar-refractivity contribution in [3.05, 3.63) is 45.5 Å². The molecule has 8 heteroatoms. The van der Waals surface area contributed by atoms with Crippen LogP contribution >= 0.6 is 11.6 Å². The van der Waals surface area contributed by atoms with Gasteiger partial charge in [-0.1, -0.05) is 23.8 Å². The Morgan fingerprint density at radius 1 is 1.32 bits per heavy atom. The van der Waals surface area contributed by atoms with E-state index in [2.05, 4.69) is 16.9 Å². The first-order chi connectivity index (χ1) is 10.4. The number of nitrogens with zero attached hydrogens (tertiary/aromatic N) is 1. The van der Waals surface area contributed by atoms with Crippen LogP contribution in [0.25, 0.3) is 0 Å². The van der Waals surface area contributed by atoms with Gasteiger partial charge in [0.2, 0.25) is 10.0 Å². The van der Waals surface area contributed by atoms with Crippen molar-refractivity contribution in [3.63, 3.8) is 0 Å². The summed E-state index contributed by atoms with van der Waals surface area (Å²) in [7, 11) is -3.93. The molecule has 22 heavy (non-hydrogen) atoms. The molecule has 0 aromatic heterocycles. The number of hydrogen-bond acceptors (Lipinski definition) is 4. The van der Waals surface area contributed by atoms with E-state index >= 15 is 0 Å². The van der Waals surface area contributed by atoms with E-state index < -0.39 is 20.6 Å². The Hall–Kier alpha value is -1.44. The first-order valence-electron chi connectivity index (χ1n) is 6.99. The lowest BCUT2D eigenvalue weighted by Gasteiger charge is -2.18. The third kappa shape index (κ3) is 2.88. The van der Waals surface area contributed by atoms with Crippen LogP contribution in [0.1, 0.15) is 12.8 Å². The molecule has 1 N–H and O–H groups in total. The van der Waals surface area contributed by atoms with Crippen LogP contribution in [0, 0.1) is 27.9 Å². The van der Waals surface area contributed by atoms with E-state index in [-0.39, 0.29) is 15.8 Å². The highest BCUT2D eigenvalue weighted by Crippen LogP contribution is 2.43. The molecule has 0 radical (unpaired) electrons. The summed E-state index contributed by atoms with van der Waals surface area (Å²) in [6, 6.07) is 3.56. The molecule has 0 amide bonds. The monoisotopic (exact) mass is 342 g/mol. The van der Waals surface area contributed by atoms with Crippen molar-refractivity contribution in [1.29, 1.82) is 0 Å². The smallest absolute Gasteiger partial charge is 0.258 e. The predicted octanol–water partition coefficient (Wildman–Crippen LogP) is 2.74. The maximum atomic E-state index is 12.4. The van der Waals surface area contributed by atoms with Gasteiger partial charge in [0.05, 0.1) is 4.92 Å². The molecule has 1 aromatic carbocycles. The van der Waals surface area contributed by atoms with Gasteiger partial charge >= 0.3 is 0 Å². The fourth-order valence-corrected chi connectivity index (χ4v) is 4.70. The fourth-order valence-electron chi connectivity index (χ4n) is 3.28. The molecule has 1 saturated carbocycles. The first kappa shape index (κ1) is 15.5. The Labute approximate surface area is 133 Å². The lowest BCUT2D eigenvalue weighted by atomic mass is 9.94. The highest BCUT2D eigenvalue weighted by atomic mass is 35.5. The van der Waals surface area contributed by atoms with Crippen LogP contribution in [-0.4, -0.2) is 19.9 Å². The second-order valence-electron chi connectivity index (χ2n) is 5.76. The summed E-state index contributed by atoms with van der Waals surface area (Å²) in [6.45, 7) is 0.299. The summed E-state index contributed by atoms with van der Waals surface area (Å²) in [6.07, 6.45) is 6.36. The van der Waals surface area contributed by atoms with E-state index in [1.54, 1.807) is 0 Å². The molecule has 3 atom stereocenters. The van der Waals surface area contributed by atoms with Crippen molar-refractivity contribution in [2.45, 2.75) is 17.7 Å². The van der Waals surface area contributed by atoms with Gasteiger partial charge in [-0.15, -0.1) is 0 Å². The Kier molecular flexibility index (Phi) is 3.96. The van der Waals surface area contributed by atoms with Gasteiger partial charge < -0.3 is 0 Å². The van der Waals surface area contributed by atoms with Gasteiger partial charge in [0.15, 0.2) is 4.90 Å². The summed E-state index contributed by atoms with van der Waals surface area (Å²) in [5, 5.41) is 11.2. The molecule has 3 unspecified atom stereocenters. The zero-order valence-corrected chi connectivity index (χ0v) is 13.2. The second kappa shape index (κ2) is 5.64. The molecule has 2 aliphatic carbocycles. The van der Waals surface area contributed by atoms with Gasteiger partial charge in [0.1, 0.15) is 0 Å². The van der Waals surface area contributed by atoms with Gasteiger partial charge in [-0.05, 0) is 42.7 Å². The average molecular weight is 343 g/mol. The van der Waals surface area contributed by atoms with Crippen LogP contribution in [0.15, 0.2) is 35.2 Å². The number of nitro benzene ring substituents is 1. The number of allylic oxidation sites excluding steroid dienone is 2. The minimum absolute atomic E-state index is 0.129. The molecule has 0 saturated heterocycles. The number of rotatable bonds is 5. The fraction of sp³-hybridized carbons (Fsp3) is 0.429. The maximum absolute atomic E-state index is 12.4. The van der Waals surface area contributed by atoms with Crippen LogP contribution in [0.4, 0.5) is 5.69 Å². The number of fused-ring (bicyclic) bond motifs is 2. The van der Waals surface area contributed by atoms with Gasteiger partial charge in [-0.2, -0.15) is 0 Å². The summed E-state index contributed by atoms with van der Waals surface area (Å²) in [5.41, 5.74) is -0.507. The van der Waals surface area contributed by atoms with Crippen LogP contribution < -0.4 is 4.72 Å². The summed E-state index contributed by atoms with van der Waals surface area (Å²) >= 11 is 5.71. The Balaban J connectivity index is 1.78. The van der Waals surface area contributed by atoms with Gasteiger partial charge in [-0.25, -0.2) is 13.1 Å². The maximum Gasteiger partial charge on any atom is 0.290 e. The first-order valence-corrected chi connectivity index (χ1v) is 8.85. The second-order valence-corrected chi connectivity index (χ2v) is 7.93. The van der Waals surface area contributed by atoms with Crippen molar-refractivity contribution in [2.24, 2.45) is 17.8 Å². The number of benzene rings is 1. The van der Waals surface area contributed by atoms with Crippen molar-refractivity contribution in [2.75, 3.05) is 6.54 Å². The van der Waals surface area contributed by atoms with Gasteiger partial charge in [-0.3, -0.25) is 10.1 Å². The average Bonchev–Trinajstić information content (AvgIpc) is 3.07. The lowest BCUT2D eigenvalue weighted by Crippen LogP contribution is -2.31. The van der Waals surface area contributed by atoms with E-state index in [1.165, 1.54) is 12.1 Å². The molecular weight excluding hydrogens is 328 g/mol. The molecule has 6 nitrogen and oxygen atoms in total. The molecule has 118 valence electrons. The Morgan fingerprint density at radius 3 is 2.68 bits per heavy atom. The van der Waals surface area contributed by atoms with E-state index in [4.69, 9.17) is 11.6 Å². The molecule has 0 aliphatic heterocycles. The van der Waals surface area contributed by atoms with Crippen molar-refractivity contribution in [1.82, 2.24) is 4.72 Å². The SMILES string of the molecule is O=[N+]([O-])c1cc(Cl)ccc1S(=O)(=O)NCC1CC2C=CC1C2. The molecule has 0 heterocycles. The summed E-state index contributed by atoms with van der Waals surface area (Å²) < 4.78 is 27.2. The number of hydrogen-bond donors (Lipinski definition) is 1. The zero-order chi connectivity index (χ0) is 15.9. The molecule has 2 aliphatic rings. The zero-order valence-electron chi connectivity index (χ0n) is 11.6. The van der Waals surface area contributed by atoms with E-state index in [0.717, 1.165) is 18.9 Å². The Morgan fingerprint density at radius 2 is 2.09 bits per heavy atom. The molecule has 1 fully saturated rings. The van der Waals surface area contributed by atoms with E-state index in [1.807, 2.05) is 0 Å². The third-order valence-corrected chi connectivity index (χ3v) is 6.07. The largest absolute Gasteiger partial charge is 0.290 e. The number of nitrogens with one attached hydrogen (secondary N) is 1.